The van der Waals surface area contributed by atoms with E-state index < -0.39 is 10.1 Å². The van der Waals surface area contributed by atoms with Crippen molar-refractivity contribution in [3.63, 3.8) is 0 Å². The number of rotatable bonds is 10. The van der Waals surface area contributed by atoms with E-state index in [1.165, 1.54) is 6.07 Å². The van der Waals surface area contributed by atoms with Gasteiger partial charge >= 0.3 is 5.89 Å². The van der Waals surface area contributed by atoms with Crippen LogP contribution in [-0.2, 0) is 23.2 Å². The number of ether oxygens (including phenoxy) is 1. The number of hydrogen-bond acceptors (Lipinski definition) is 5. The van der Waals surface area contributed by atoms with Gasteiger partial charge in [-0.05, 0) is 64.1 Å². The molecule has 53 heavy (non-hydrogen) atoms. The molecule has 0 spiro atoms. The third-order valence-corrected chi connectivity index (χ3v) is 10.4. The van der Waals surface area contributed by atoms with E-state index in [9.17, 15) is 13.0 Å². The summed E-state index contributed by atoms with van der Waals surface area (Å²) in [4.78, 5) is 1.82. The van der Waals surface area contributed by atoms with Crippen molar-refractivity contribution in [3.8, 4) is 28.0 Å². The fourth-order valence-electron chi connectivity index (χ4n) is 6.75. The maximum absolute atomic E-state index is 12.4. The average Bonchev–Trinajstić information content (AvgIpc) is 3.70. The Bertz CT molecular complexity index is 2600. The summed E-state index contributed by atoms with van der Waals surface area (Å²) in [6.07, 6.45) is 4.68. The molecule has 0 bridgehead atoms. The van der Waals surface area contributed by atoms with Crippen LogP contribution < -0.4 is 14.2 Å². The molecule has 8 rings (SSSR count). The standard InChI is InChI=1S/C45H36N2O5S/c1-2-32(26-44-46(30-33-14-6-3-7-15-33)39-28-36(22-24-41(39)51-44)34-16-8-4-9-17-34)27-45-47(31-38-20-12-13-21-43(38)53(48,49)50)40-29-37(23-25-42(40)52-45)35-18-10-5-11-19-35/h3-29H,2,30-31H2,1H3/p+1. The Morgan fingerprint density at radius 1 is 0.736 bits per heavy atom. The van der Waals surface area contributed by atoms with Crippen molar-refractivity contribution in [2.75, 3.05) is 4.90 Å². The molecule has 7 aromatic rings. The highest BCUT2D eigenvalue weighted by Crippen LogP contribution is 2.43. The minimum Gasteiger partial charge on any atom is -0.439 e. The van der Waals surface area contributed by atoms with Crippen LogP contribution in [0.5, 0.6) is 5.75 Å². The van der Waals surface area contributed by atoms with Gasteiger partial charge in [0.25, 0.3) is 15.6 Å². The highest BCUT2D eigenvalue weighted by molar-refractivity contribution is 7.85. The van der Waals surface area contributed by atoms with Gasteiger partial charge in [0.2, 0.25) is 11.5 Å². The Balaban J connectivity index is 1.24. The van der Waals surface area contributed by atoms with Gasteiger partial charge in [-0.2, -0.15) is 13.0 Å². The molecule has 8 heteroatoms. The van der Waals surface area contributed by atoms with Crippen LogP contribution >= 0.6 is 0 Å². The molecule has 1 N–H and O–H groups in total. The van der Waals surface area contributed by atoms with Gasteiger partial charge in [-0.1, -0.05) is 128 Å². The van der Waals surface area contributed by atoms with E-state index in [4.69, 9.17) is 9.15 Å². The zero-order valence-electron chi connectivity index (χ0n) is 29.1. The fourth-order valence-corrected chi connectivity index (χ4v) is 7.46. The van der Waals surface area contributed by atoms with Crippen LogP contribution in [0, 0.1) is 0 Å². The van der Waals surface area contributed by atoms with Gasteiger partial charge in [0.1, 0.15) is 0 Å². The van der Waals surface area contributed by atoms with E-state index in [2.05, 4.69) is 47.9 Å². The number of nitrogens with zero attached hydrogens (tertiary/aromatic N) is 2. The molecule has 6 aromatic carbocycles. The number of anilines is 1. The van der Waals surface area contributed by atoms with Gasteiger partial charge in [0, 0.05) is 17.7 Å². The van der Waals surface area contributed by atoms with Gasteiger partial charge in [0.05, 0.1) is 23.2 Å². The molecule has 1 aliphatic rings. The normalized spacial score (nSPS) is 13.7. The number of allylic oxidation sites excluding steroid dienone is 2. The Morgan fingerprint density at radius 3 is 2.04 bits per heavy atom. The lowest BCUT2D eigenvalue weighted by Gasteiger charge is -2.20. The number of oxazole rings is 1. The minimum absolute atomic E-state index is 0.141. The topological polar surface area (TPSA) is 83.9 Å². The number of hydrogen-bond donors (Lipinski definition) is 1. The Kier molecular flexibility index (Phi) is 9.22. The summed E-state index contributed by atoms with van der Waals surface area (Å²) < 4.78 is 50.3. The SMILES string of the molecule is CCC(=Cc1oc2ccc(-c3ccccc3)cc2[n+]1Cc1ccccc1)C=C1Oc2ccc(-c3ccccc3)cc2N1Cc1ccccc1S(=O)(=O)O. The lowest BCUT2D eigenvalue weighted by molar-refractivity contribution is -0.669. The molecule has 0 fully saturated rings. The van der Waals surface area contributed by atoms with Crippen LogP contribution in [0.1, 0.15) is 30.4 Å². The number of benzene rings is 6. The second-order valence-electron chi connectivity index (χ2n) is 12.9. The molecule has 2 heterocycles. The first-order chi connectivity index (χ1) is 25.8. The van der Waals surface area contributed by atoms with Crippen LogP contribution in [-0.4, -0.2) is 13.0 Å². The summed E-state index contributed by atoms with van der Waals surface area (Å²) >= 11 is 0. The zero-order chi connectivity index (χ0) is 36.4. The quantitative estimate of drug-likeness (QED) is 0.112. The van der Waals surface area contributed by atoms with E-state index in [1.807, 2.05) is 108 Å². The zero-order valence-corrected chi connectivity index (χ0v) is 29.9. The summed E-state index contributed by atoms with van der Waals surface area (Å²) in [6.45, 7) is 2.83. The predicted molar refractivity (Wildman–Crippen MR) is 209 cm³/mol. The number of aromatic nitrogens is 1. The first kappa shape index (κ1) is 33.9. The van der Waals surface area contributed by atoms with Crippen LogP contribution in [0.3, 0.4) is 0 Å². The molecule has 0 aliphatic carbocycles. The maximum Gasteiger partial charge on any atom is 0.374 e. The van der Waals surface area contributed by atoms with E-state index in [0.717, 1.165) is 50.2 Å². The van der Waals surface area contributed by atoms with Crippen molar-refractivity contribution < 1.29 is 26.7 Å². The molecule has 1 aliphatic heterocycles. The third-order valence-electron chi connectivity index (χ3n) is 9.46. The van der Waals surface area contributed by atoms with Gasteiger partial charge in [-0.15, -0.1) is 0 Å². The van der Waals surface area contributed by atoms with Crippen LogP contribution in [0.4, 0.5) is 5.69 Å². The van der Waals surface area contributed by atoms with Crippen LogP contribution in [0.15, 0.2) is 179 Å². The lowest BCUT2D eigenvalue weighted by atomic mass is 10.0. The van der Waals surface area contributed by atoms with Gasteiger partial charge in [-0.25, -0.2) is 0 Å². The minimum atomic E-state index is -4.47. The first-order valence-corrected chi connectivity index (χ1v) is 19.0. The van der Waals surface area contributed by atoms with E-state index in [0.29, 0.717) is 36.1 Å². The first-order valence-electron chi connectivity index (χ1n) is 17.5. The average molecular weight is 718 g/mol. The molecule has 0 amide bonds. The molecule has 0 atom stereocenters. The van der Waals surface area contributed by atoms with Crippen LogP contribution in [0.2, 0.25) is 0 Å². The summed E-state index contributed by atoms with van der Waals surface area (Å²) in [6, 6.07) is 49.5. The fraction of sp³-hybridized carbons (Fsp3) is 0.0889. The largest absolute Gasteiger partial charge is 0.439 e. The molecule has 0 unspecified atom stereocenters. The highest BCUT2D eigenvalue weighted by atomic mass is 32.2. The second-order valence-corrected chi connectivity index (χ2v) is 14.3. The number of fused-ring (bicyclic) bond motifs is 2. The molecule has 0 radical (unpaired) electrons. The highest BCUT2D eigenvalue weighted by Gasteiger charge is 2.30. The molecular formula is C45H37N2O5S+. The summed E-state index contributed by atoms with van der Waals surface area (Å²) in [5.74, 6) is 1.86. The van der Waals surface area contributed by atoms with Crippen molar-refractivity contribution in [2.24, 2.45) is 0 Å². The van der Waals surface area contributed by atoms with Crippen molar-refractivity contribution in [3.05, 3.63) is 186 Å². The summed E-state index contributed by atoms with van der Waals surface area (Å²) in [5.41, 5.74) is 9.32. The van der Waals surface area contributed by atoms with Crippen molar-refractivity contribution >= 4 is 33.0 Å². The summed E-state index contributed by atoms with van der Waals surface area (Å²) in [5, 5.41) is 0. The van der Waals surface area contributed by atoms with Crippen molar-refractivity contribution in [1.82, 2.24) is 0 Å². The lowest BCUT2D eigenvalue weighted by Crippen LogP contribution is -2.36. The van der Waals surface area contributed by atoms with Crippen molar-refractivity contribution in [2.45, 2.75) is 31.3 Å². The second kappa shape index (κ2) is 14.4. The van der Waals surface area contributed by atoms with Gasteiger partial charge in [0.15, 0.2) is 12.3 Å². The van der Waals surface area contributed by atoms with E-state index >= 15 is 0 Å². The monoisotopic (exact) mass is 717 g/mol. The molecule has 7 nitrogen and oxygen atoms in total. The molecular weight excluding hydrogens is 681 g/mol. The molecule has 0 saturated carbocycles. The van der Waals surface area contributed by atoms with Crippen molar-refractivity contribution in [1.29, 1.82) is 0 Å². The maximum atomic E-state index is 12.4. The van der Waals surface area contributed by atoms with E-state index in [-0.39, 0.29) is 11.4 Å². The van der Waals surface area contributed by atoms with E-state index in [1.54, 1.807) is 18.2 Å². The predicted octanol–water partition coefficient (Wildman–Crippen LogP) is 10.1. The Labute approximate surface area is 309 Å². The van der Waals surface area contributed by atoms with Crippen LogP contribution in [0.25, 0.3) is 39.4 Å². The molecule has 0 saturated heterocycles. The third kappa shape index (κ3) is 7.15. The molecule has 1 aromatic heterocycles. The smallest absolute Gasteiger partial charge is 0.374 e. The molecule has 262 valence electrons. The Hall–Kier alpha value is -6.22. The van der Waals surface area contributed by atoms with Gasteiger partial charge in [-0.3, -0.25) is 4.55 Å². The van der Waals surface area contributed by atoms with Gasteiger partial charge < -0.3 is 14.1 Å². The summed E-state index contributed by atoms with van der Waals surface area (Å²) in [7, 11) is -4.47. The Morgan fingerprint density at radius 2 is 1.36 bits per heavy atom.